The summed E-state index contributed by atoms with van der Waals surface area (Å²) in [7, 11) is 0. The van der Waals surface area contributed by atoms with Gasteiger partial charge in [0.15, 0.2) is 0 Å². The van der Waals surface area contributed by atoms with E-state index in [2.05, 4.69) is 12.6 Å². The Hall–Kier alpha value is -0.960. The summed E-state index contributed by atoms with van der Waals surface area (Å²) in [5.74, 6) is -0.888. The first-order valence-electron chi connectivity index (χ1n) is 4.04. The molecule has 1 rings (SSSR count). The lowest BCUT2D eigenvalue weighted by molar-refractivity contribution is 0.0697. The molecule has 2 nitrogen and oxygen atoms in total. The molecule has 0 radical (unpaired) electrons. The molecule has 0 amide bonds. The van der Waals surface area contributed by atoms with Crippen molar-refractivity contribution in [3.63, 3.8) is 0 Å². The SMILES string of the molecule is Cc1cc(C(=O)O)ccc1C(C)S. The molecule has 1 aromatic rings. The van der Waals surface area contributed by atoms with Gasteiger partial charge in [0.05, 0.1) is 5.56 Å². The molecule has 0 aliphatic rings. The van der Waals surface area contributed by atoms with Gasteiger partial charge in [0.1, 0.15) is 0 Å². The number of thiol groups is 1. The number of hydrogen-bond donors (Lipinski definition) is 2. The van der Waals surface area contributed by atoms with Gasteiger partial charge in [-0.2, -0.15) is 12.6 Å². The number of carboxylic acids is 1. The molecule has 0 saturated carbocycles. The van der Waals surface area contributed by atoms with Crippen LogP contribution in [-0.2, 0) is 0 Å². The maximum absolute atomic E-state index is 10.6. The summed E-state index contributed by atoms with van der Waals surface area (Å²) < 4.78 is 0. The minimum atomic E-state index is -0.888. The number of carbonyl (C=O) groups is 1. The highest BCUT2D eigenvalue weighted by molar-refractivity contribution is 7.80. The van der Waals surface area contributed by atoms with Crippen molar-refractivity contribution >= 4 is 18.6 Å². The lowest BCUT2D eigenvalue weighted by Gasteiger charge is -2.08. The Morgan fingerprint density at radius 3 is 2.54 bits per heavy atom. The summed E-state index contributed by atoms with van der Waals surface area (Å²) in [6.07, 6.45) is 0. The van der Waals surface area contributed by atoms with E-state index in [1.165, 1.54) is 0 Å². The first-order chi connectivity index (χ1) is 6.02. The molecule has 1 atom stereocenters. The molecule has 1 unspecified atom stereocenters. The van der Waals surface area contributed by atoms with Crippen molar-refractivity contribution in [1.82, 2.24) is 0 Å². The average molecular weight is 196 g/mol. The van der Waals surface area contributed by atoms with Crippen LogP contribution in [0.2, 0.25) is 0 Å². The zero-order valence-corrected chi connectivity index (χ0v) is 8.51. The van der Waals surface area contributed by atoms with Crippen LogP contribution in [0.4, 0.5) is 0 Å². The molecule has 0 aromatic heterocycles. The molecular weight excluding hydrogens is 184 g/mol. The lowest BCUT2D eigenvalue weighted by atomic mass is 10.0. The highest BCUT2D eigenvalue weighted by Crippen LogP contribution is 2.23. The van der Waals surface area contributed by atoms with Crippen LogP contribution < -0.4 is 0 Å². The van der Waals surface area contributed by atoms with Gasteiger partial charge < -0.3 is 5.11 Å². The van der Waals surface area contributed by atoms with Gasteiger partial charge in [0, 0.05) is 5.25 Å². The van der Waals surface area contributed by atoms with Crippen molar-refractivity contribution in [1.29, 1.82) is 0 Å². The quantitative estimate of drug-likeness (QED) is 0.713. The summed E-state index contributed by atoms with van der Waals surface area (Å²) in [6, 6.07) is 5.10. The normalized spacial score (nSPS) is 12.5. The number of aryl methyl sites for hydroxylation is 1. The Labute approximate surface area is 83.0 Å². The van der Waals surface area contributed by atoms with Crippen molar-refractivity contribution in [3.05, 3.63) is 34.9 Å². The highest BCUT2D eigenvalue weighted by Gasteiger charge is 2.07. The summed E-state index contributed by atoms with van der Waals surface area (Å²) in [4.78, 5) is 10.6. The van der Waals surface area contributed by atoms with Crippen LogP contribution in [0.15, 0.2) is 18.2 Å². The molecule has 0 aliphatic heterocycles. The van der Waals surface area contributed by atoms with Crippen molar-refractivity contribution in [2.45, 2.75) is 19.1 Å². The molecular formula is C10H12O2S. The Balaban J connectivity index is 3.13. The fourth-order valence-electron chi connectivity index (χ4n) is 1.28. The van der Waals surface area contributed by atoms with E-state index in [1.54, 1.807) is 12.1 Å². The van der Waals surface area contributed by atoms with Gasteiger partial charge in [0.2, 0.25) is 0 Å². The summed E-state index contributed by atoms with van der Waals surface area (Å²) >= 11 is 4.30. The average Bonchev–Trinajstić information content (AvgIpc) is 2.03. The monoisotopic (exact) mass is 196 g/mol. The maximum Gasteiger partial charge on any atom is 0.335 e. The van der Waals surface area contributed by atoms with Crippen molar-refractivity contribution in [2.75, 3.05) is 0 Å². The smallest absolute Gasteiger partial charge is 0.335 e. The number of aromatic carboxylic acids is 1. The van der Waals surface area contributed by atoms with E-state index in [0.29, 0.717) is 5.56 Å². The van der Waals surface area contributed by atoms with Gasteiger partial charge in [-0.3, -0.25) is 0 Å². The van der Waals surface area contributed by atoms with Crippen molar-refractivity contribution in [2.24, 2.45) is 0 Å². The third-order valence-corrected chi connectivity index (χ3v) is 2.25. The standard InChI is InChI=1S/C10H12O2S/c1-6-5-8(10(11)12)3-4-9(6)7(2)13/h3-5,7,13H,1-2H3,(H,11,12). The molecule has 70 valence electrons. The molecule has 0 aliphatic carbocycles. The van der Waals surface area contributed by atoms with Crippen molar-refractivity contribution < 1.29 is 9.90 Å². The molecule has 13 heavy (non-hydrogen) atoms. The van der Waals surface area contributed by atoms with Crippen molar-refractivity contribution in [3.8, 4) is 0 Å². The fraction of sp³-hybridized carbons (Fsp3) is 0.300. The molecule has 0 fully saturated rings. The second-order valence-electron chi connectivity index (χ2n) is 3.05. The van der Waals surface area contributed by atoms with Gasteiger partial charge in [-0.15, -0.1) is 0 Å². The van der Waals surface area contributed by atoms with Crippen LogP contribution in [0.5, 0.6) is 0 Å². The van der Waals surface area contributed by atoms with Gasteiger partial charge >= 0.3 is 5.97 Å². The highest BCUT2D eigenvalue weighted by atomic mass is 32.1. The first kappa shape index (κ1) is 10.1. The van der Waals surface area contributed by atoms with Crippen LogP contribution in [0.3, 0.4) is 0 Å². The third-order valence-electron chi connectivity index (χ3n) is 1.97. The minimum Gasteiger partial charge on any atom is -0.478 e. The predicted molar refractivity (Wildman–Crippen MR) is 55.5 cm³/mol. The second-order valence-corrected chi connectivity index (χ2v) is 3.83. The molecule has 0 heterocycles. The molecule has 1 N–H and O–H groups in total. The van der Waals surface area contributed by atoms with Crippen LogP contribution in [0, 0.1) is 6.92 Å². The molecule has 3 heteroatoms. The molecule has 0 saturated heterocycles. The first-order valence-corrected chi connectivity index (χ1v) is 4.56. The summed E-state index contributed by atoms with van der Waals surface area (Å²) in [5, 5.41) is 8.86. The van der Waals surface area contributed by atoms with Crippen LogP contribution in [0.1, 0.15) is 33.7 Å². The van der Waals surface area contributed by atoms with Crippen LogP contribution >= 0.6 is 12.6 Å². The van der Waals surface area contributed by atoms with E-state index in [-0.39, 0.29) is 5.25 Å². The van der Waals surface area contributed by atoms with Gasteiger partial charge in [0.25, 0.3) is 0 Å². The summed E-state index contributed by atoms with van der Waals surface area (Å²) in [5.41, 5.74) is 2.38. The molecule has 1 aromatic carbocycles. The van der Waals surface area contributed by atoms with E-state index < -0.39 is 5.97 Å². The van der Waals surface area contributed by atoms with Gasteiger partial charge in [-0.1, -0.05) is 6.07 Å². The Bertz CT molecular complexity index is 332. The summed E-state index contributed by atoms with van der Waals surface area (Å²) in [6.45, 7) is 3.86. The number of benzene rings is 1. The minimum absolute atomic E-state index is 0.142. The Morgan fingerprint density at radius 2 is 2.15 bits per heavy atom. The van der Waals surface area contributed by atoms with Crippen LogP contribution in [0.25, 0.3) is 0 Å². The number of rotatable bonds is 2. The Kier molecular flexibility index (Phi) is 2.98. The van der Waals surface area contributed by atoms with E-state index in [4.69, 9.17) is 5.11 Å². The Morgan fingerprint density at radius 1 is 1.54 bits per heavy atom. The number of carboxylic acid groups (broad SMARTS) is 1. The van der Waals surface area contributed by atoms with Crippen LogP contribution in [-0.4, -0.2) is 11.1 Å². The topological polar surface area (TPSA) is 37.3 Å². The second kappa shape index (κ2) is 3.83. The van der Waals surface area contributed by atoms with E-state index in [1.807, 2.05) is 19.9 Å². The number of hydrogen-bond acceptors (Lipinski definition) is 2. The largest absolute Gasteiger partial charge is 0.478 e. The fourth-order valence-corrected chi connectivity index (χ4v) is 1.57. The van der Waals surface area contributed by atoms with E-state index in [0.717, 1.165) is 11.1 Å². The zero-order valence-electron chi connectivity index (χ0n) is 7.61. The predicted octanol–water partition coefficient (Wildman–Crippen LogP) is 2.68. The van der Waals surface area contributed by atoms with Gasteiger partial charge in [-0.25, -0.2) is 4.79 Å². The lowest BCUT2D eigenvalue weighted by Crippen LogP contribution is -1.98. The van der Waals surface area contributed by atoms with Gasteiger partial charge in [-0.05, 0) is 37.1 Å². The zero-order chi connectivity index (χ0) is 10.0. The molecule has 0 bridgehead atoms. The molecule has 0 spiro atoms. The maximum atomic E-state index is 10.6. The van der Waals surface area contributed by atoms with E-state index >= 15 is 0 Å². The van der Waals surface area contributed by atoms with E-state index in [9.17, 15) is 4.79 Å². The third kappa shape index (κ3) is 2.25.